The van der Waals surface area contributed by atoms with Gasteiger partial charge in [0.15, 0.2) is 0 Å². The molecule has 5 heteroatoms. The molecule has 1 heterocycles. The van der Waals surface area contributed by atoms with Crippen LogP contribution in [-0.2, 0) is 0 Å². The Labute approximate surface area is 141 Å². The van der Waals surface area contributed by atoms with Crippen molar-refractivity contribution in [1.29, 1.82) is 0 Å². The van der Waals surface area contributed by atoms with Crippen molar-refractivity contribution in [3.05, 3.63) is 32.4 Å². The van der Waals surface area contributed by atoms with Crippen LogP contribution in [0.5, 0.6) is 0 Å². The minimum absolute atomic E-state index is 0.109. The zero-order valence-corrected chi connectivity index (χ0v) is 15.0. The average molecular weight is 457 g/mol. The number of hydrogen-bond acceptors (Lipinski definition) is 1. The summed E-state index contributed by atoms with van der Waals surface area (Å²) in [5, 5.41) is 1.46. The van der Waals surface area contributed by atoms with Gasteiger partial charge in [0.05, 0.1) is 5.56 Å². The van der Waals surface area contributed by atoms with E-state index in [0.717, 1.165) is 33.9 Å². The number of hydrogen-bond donors (Lipinski definition) is 0. The van der Waals surface area contributed by atoms with Gasteiger partial charge in [-0.25, -0.2) is 0 Å². The fourth-order valence-corrected chi connectivity index (χ4v) is 3.83. The van der Waals surface area contributed by atoms with Crippen LogP contribution in [0.3, 0.4) is 0 Å². The molecule has 1 aliphatic heterocycles. The molecule has 2 rings (SSSR count). The number of likely N-dealkylation sites (tertiary alicyclic amines) is 1. The van der Waals surface area contributed by atoms with Crippen LogP contribution in [0.15, 0.2) is 18.2 Å². The lowest BCUT2D eigenvalue weighted by Gasteiger charge is -2.29. The monoisotopic (exact) mass is 455 g/mol. The molecule has 1 unspecified atom stereocenters. The molecule has 2 nitrogen and oxygen atoms in total. The molecule has 1 aromatic rings. The molecule has 104 valence electrons. The van der Waals surface area contributed by atoms with E-state index in [1.165, 1.54) is 12.8 Å². The highest BCUT2D eigenvalue weighted by molar-refractivity contribution is 14.1. The van der Waals surface area contributed by atoms with Gasteiger partial charge in [0.25, 0.3) is 5.91 Å². The Bertz CT molecular complexity index is 469. The quantitative estimate of drug-likeness (QED) is 0.466. The van der Waals surface area contributed by atoms with E-state index in [9.17, 15) is 4.79 Å². The van der Waals surface area contributed by atoms with Gasteiger partial charge in [0.2, 0.25) is 0 Å². The van der Waals surface area contributed by atoms with E-state index in [2.05, 4.69) is 38.5 Å². The Morgan fingerprint density at radius 2 is 2.21 bits per heavy atom. The molecular formula is C14H16BrClINO. The Hall–Kier alpha value is 0.190. The molecule has 1 aliphatic rings. The van der Waals surface area contributed by atoms with Crippen molar-refractivity contribution in [2.24, 2.45) is 0 Å². The minimum Gasteiger partial charge on any atom is -0.335 e. The molecule has 0 N–H and O–H groups in total. The molecule has 0 spiro atoms. The Morgan fingerprint density at radius 1 is 1.42 bits per heavy atom. The average Bonchev–Trinajstić information content (AvgIpc) is 2.65. The van der Waals surface area contributed by atoms with Crippen molar-refractivity contribution >= 4 is 56.0 Å². The summed E-state index contributed by atoms with van der Waals surface area (Å²) in [6, 6.07) is 5.80. The van der Waals surface area contributed by atoms with E-state index in [1.807, 2.05) is 17.0 Å². The number of rotatable bonds is 2. The number of amides is 1. The third-order valence-corrected chi connectivity index (χ3v) is 5.40. The lowest BCUT2D eigenvalue weighted by Crippen LogP contribution is -2.41. The van der Waals surface area contributed by atoms with E-state index >= 15 is 0 Å². The predicted octanol–water partition coefficient (Wildman–Crippen LogP) is 4.72. The van der Waals surface area contributed by atoms with Gasteiger partial charge in [-0.2, -0.15) is 0 Å². The molecule has 19 heavy (non-hydrogen) atoms. The van der Waals surface area contributed by atoms with Crippen molar-refractivity contribution < 1.29 is 4.79 Å². The molecule has 0 aromatic heterocycles. The number of halogens is 3. The highest BCUT2D eigenvalue weighted by Gasteiger charge is 2.26. The smallest absolute Gasteiger partial charge is 0.255 e. The van der Waals surface area contributed by atoms with Crippen molar-refractivity contribution in [3.63, 3.8) is 0 Å². The van der Waals surface area contributed by atoms with E-state index < -0.39 is 0 Å². The van der Waals surface area contributed by atoms with Crippen LogP contribution in [0.1, 0.15) is 36.0 Å². The molecule has 0 aliphatic carbocycles. The highest BCUT2D eigenvalue weighted by Crippen LogP contribution is 2.24. The van der Waals surface area contributed by atoms with Gasteiger partial charge >= 0.3 is 0 Å². The summed E-state index contributed by atoms with van der Waals surface area (Å²) in [4.78, 5) is 14.7. The van der Waals surface area contributed by atoms with Gasteiger partial charge in [-0.3, -0.25) is 4.79 Å². The van der Waals surface area contributed by atoms with Gasteiger partial charge in [-0.15, -0.1) is 0 Å². The summed E-state index contributed by atoms with van der Waals surface area (Å²) < 4.78 is 0.963. The Kier molecular flexibility index (Phi) is 5.96. The Morgan fingerprint density at radius 3 is 2.95 bits per heavy atom. The first kappa shape index (κ1) is 15.6. The van der Waals surface area contributed by atoms with Crippen molar-refractivity contribution in [2.45, 2.75) is 31.7 Å². The van der Waals surface area contributed by atoms with E-state index in [-0.39, 0.29) is 5.91 Å². The lowest BCUT2D eigenvalue weighted by atomic mass is 10.1. The van der Waals surface area contributed by atoms with Crippen LogP contribution in [0.4, 0.5) is 0 Å². The van der Waals surface area contributed by atoms with Crippen LogP contribution in [0.25, 0.3) is 0 Å². The van der Waals surface area contributed by atoms with Crippen molar-refractivity contribution in [3.8, 4) is 0 Å². The summed E-state index contributed by atoms with van der Waals surface area (Å²) in [7, 11) is 0. The van der Waals surface area contributed by atoms with Gasteiger partial charge in [-0.05, 0) is 53.6 Å². The first-order valence-electron chi connectivity index (χ1n) is 6.45. The summed E-state index contributed by atoms with van der Waals surface area (Å²) in [6.45, 7) is 0.845. The Balaban J connectivity index is 2.27. The standard InChI is InChI=1S/C14H16BrClINO/c15-9-11-4-2-1-3-7-18(11)14(19)12-8-10(16)5-6-13(12)17/h5-6,8,11H,1-4,7,9H2. The largest absolute Gasteiger partial charge is 0.335 e. The molecule has 1 amide bonds. The molecule has 1 fully saturated rings. The molecule has 0 saturated carbocycles. The lowest BCUT2D eigenvalue weighted by molar-refractivity contribution is 0.0701. The summed E-state index contributed by atoms with van der Waals surface area (Å²) in [5.74, 6) is 0.109. The van der Waals surface area contributed by atoms with Crippen LogP contribution in [-0.4, -0.2) is 28.7 Å². The number of carbonyl (C=O) groups excluding carboxylic acids is 1. The topological polar surface area (TPSA) is 20.3 Å². The van der Waals surface area contributed by atoms with E-state index in [0.29, 0.717) is 11.1 Å². The molecule has 0 radical (unpaired) electrons. The van der Waals surface area contributed by atoms with Gasteiger partial charge in [-0.1, -0.05) is 40.4 Å². The minimum atomic E-state index is 0.109. The maximum Gasteiger partial charge on any atom is 0.255 e. The maximum absolute atomic E-state index is 12.7. The van der Waals surface area contributed by atoms with Crippen LogP contribution < -0.4 is 0 Å². The maximum atomic E-state index is 12.7. The second-order valence-corrected chi connectivity index (χ2v) is 7.03. The first-order valence-corrected chi connectivity index (χ1v) is 9.03. The molecule has 0 bridgehead atoms. The number of carbonyl (C=O) groups is 1. The third-order valence-electron chi connectivity index (χ3n) is 3.47. The molecule has 1 aromatic carbocycles. The predicted molar refractivity (Wildman–Crippen MR) is 91.3 cm³/mol. The van der Waals surface area contributed by atoms with Crippen LogP contribution in [0.2, 0.25) is 5.02 Å². The highest BCUT2D eigenvalue weighted by atomic mass is 127. The van der Waals surface area contributed by atoms with Gasteiger partial charge in [0, 0.05) is 26.5 Å². The number of nitrogens with zero attached hydrogens (tertiary/aromatic N) is 1. The van der Waals surface area contributed by atoms with Gasteiger partial charge < -0.3 is 4.90 Å². The van der Waals surface area contributed by atoms with Gasteiger partial charge in [0.1, 0.15) is 0 Å². The normalized spacial score (nSPS) is 20.2. The first-order chi connectivity index (χ1) is 9.13. The zero-order chi connectivity index (χ0) is 13.8. The second kappa shape index (κ2) is 7.27. The second-order valence-electron chi connectivity index (χ2n) is 4.78. The summed E-state index contributed by atoms with van der Waals surface area (Å²) in [5.41, 5.74) is 0.723. The molecule has 1 atom stereocenters. The number of benzene rings is 1. The summed E-state index contributed by atoms with van der Waals surface area (Å²) in [6.07, 6.45) is 4.58. The SMILES string of the molecule is O=C(c1cc(Cl)ccc1I)N1CCCCCC1CBr. The fraction of sp³-hybridized carbons (Fsp3) is 0.500. The van der Waals surface area contributed by atoms with E-state index in [4.69, 9.17) is 11.6 Å². The van der Waals surface area contributed by atoms with Crippen LogP contribution in [0, 0.1) is 3.57 Å². The van der Waals surface area contributed by atoms with E-state index in [1.54, 1.807) is 6.07 Å². The number of alkyl halides is 1. The third kappa shape index (κ3) is 3.85. The van der Waals surface area contributed by atoms with Crippen molar-refractivity contribution in [1.82, 2.24) is 4.90 Å². The van der Waals surface area contributed by atoms with Crippen molar-refractivity contribution in [2.75, 3.05) is 11.9 Å². The molecule has 1 saturated heterocycles. The fourth-order valence-electron chi connectivity index (χ4n) is 2.42. The molecular weight excluding hydrogens is 440 g/mol. The zero-order valence-electron chi connectivity index (χ0n) is 10.5. The summed E-state index contributed by atoms with van der Waals surface area (Å²) >= 11 is 11.8. The van der Waals surface area contributed by atoms with Crippen LogP contribution >= 0.6 is 50.1 Å².